The van der Waals surface area contributed by atoms with Gasteiger partial charge in [0.1, 0.15) is 29.9 Å². The summed E-state index contributed by atoms with van der Waals surface area (Å²) >= 11 is 0. The molecule has 16 nitrogen and oxygen atoms in total. The summed E-state index contributed by atoms with van der Waals surface area (Å²) in [6, 6.07) is 2.59. The largest absolute Gasteiger partial charge is 0.480 e. The minimum atomic E-state index is -1.38. The zero-order chi connectivity index (χ0) is 39.2. The number of ether oxygens (including phenoxy) is 1. The number of hydrogen-bond donors (Lipinski definition) is 5. The van der Waals surface area contributed by atoms with E-state index >= 15 is 0 Å². The van der Waals surface area contributed by atoms with Gasteiger partial charge in [-0.05, 0) is 37.2 Å². The van der Waals surface area contributed by atoms with Crippen LogP contribution in [-0.4, -0.2) is 111 Å². The zero-order valence-corrected chi connectivity index (χ0v) is 31.0. The van der Waals surface area contributed by atoms with Crippen molar-refractivity contribution in [2.75, 3.05) is 13.7 Å². The first kappa shape index (κ1) is 42.2. The van der Waals surface area contributed by atoms with Gasteiger partial charge in [-0.25, -0.2) is 9.78 Å². The third kappa shape index (κ3) is 11.4. The number of carboxylic acids is 1. The second-order valence-electron chi connectivity index (χ2n) is 13.4. The van der Waals surface area contributed by atoms with Crippen molar-refractivity contribution >= 4 is 41.3 Å². The fourth-order valence-electron chi connectivity index (χ4n) is 6.24. The number of hydrogen-bond acceptors (Lipinski definition) is 10. The minimum absolute atomic E-state index is 0.00610. The molecule has 1 aromatic carbocycles. The number of nitrogens with one attached hydrogen (secondary N) is 4. The van der Waals surface area contributed by atoms with Crippen LogP contribution in [0.2, 0.25) is 0 Å². The molecule has 0 aliphatic carbocycles. The van der Waals surface area contributed by atoms with Crippen LogP contribution in [0.4, 0.5) is 0 Å². The van der Waals surface area contributed by atoms with Crippen LogP contribution in [0.3, 0.4) is 0 Å². The Bertz CT molecular complexity index is 1590. The average Bonchev–Trinajstić information content (AvgIpc) is 3.59. The number of carbonyl (C=O) groups excluding carboxylic acids is 6. The lowest BCUT2D eigenvalue weighted by atomic mass is 9.95. The molecule has 1 unspecified atom stereocenters. The summed E-state index contributed by atoms with van der Waals surface area (Å²) in [6.07, 6.45) is 4.56. The quantitative estimate of drug-likeness (QED) is 0.128. The van der Waals surface area contributed by atoms with Crippen molar-refractivity contribution in [2.45, 2.75) is 103 Å². The maximum atomic E-state index is 14.2. The SMILES string of the molecule is CCCC(NC(=O)[C@@H]1[C@@H](CC)CCN1C(=O)[C@@H](NC(=O)[C@@H](NC(=O)c1cnccn1)C(C)C)[C@@H](C)OC)C(=O)C(=O)N[C@@H](Cc1ccccc1)C(=O)O. The van der Waals surface area contributed by atoms with Crippen LogP contribution >= 0.6 is 0 Å². The summed E-state index contributed by atoms with van der Waals surface area (Å²) in [7, 11) is 1.37. The minimum Gasteiger partial charge on any atom is -0.480 e. The fourth-order valence-corrected chi connectivity index (χ4v) is 6.24. The first-order chi connectivity index (χ1) is 25.2. The molecule has 1 aromatic heterocycles. The summed E-state index contributed by atoms with van der Waals surface area (Å²) in [4.78, 5) is 102. The van der Waals surface area contributed by atoms with E-state index in [1.807, 2.05) is 6.92 Å². The maximum absolute atomic E-state index is 14.2. The molecule has 7 atom stereocenters. The molecule has 5 amide bonds. The topological polar surface area (TPSA) is 226 Å². The summed E-state index contributed by atoms with van der Waals surface area (Å²) in [6.45, 7) is 8.84. The van der Waals surface area contributed by atoms with Gasteiger partial charge in [-0.2, -0.15) is 0 Å². The van der Waals surface area contributed by atoms with Crippen molar-refractivity contribution in [2.24, 2.45) is 11.8 Å². The molecular formula is C37H51N7O9. The number of methoxy groups -OCH3 is 1. The van der Waals surface area contributed by atoms with E-state index < -0.39 is 83.5 Å². The van der Waals surface area contributed by atoms with Crippen molar-refractivity contribution in [3.63, 3.8) is 0 Å². The third-order valence-corrected chi connectivity index (χ3v) is 9.36. The molecule has 2 aromatic rings. The Morgan fingerprint density at radius 2 is 1.62 bits per heavy atom. The standard InChI is InChI=1S/C37H51N7O9/c1-7-12-25(31(45)35(49)41-26(37(51)52)19-23-13-10-9-11-14-23)40-34(48)30-24(8-2)15-18-44(30)36(50)29(22(5)53-6)43-33(47)28(21(3)4)42-32(46)27-20-38-16-17-39-27/h9-11,13-14,16-17,20-22,24-26,28-30H,7-8,12,15,18-19H2,1-6H3,(H,40,48)(H,41,49)(H,42,46)(H,43,47)(H,51,52)/t22-,24+,25?,26+,28+,29+,30+/m1/s1. The molecule has 0 radical (unpaired) electrons. The first-order valence-corrected chi connectivity index (χ1v) is 17.9. The van der Waals surface area contributed by atoms with Crippen LogP contribution < -0.4 is 21.3 Å². The lowest BCUT2D eigenvalue weighted by Crippen LogP contribution is -2.62. The Hall–Kier alpha value is -5.25. The van der Waals surface area contributed by atoms with E-state index in [-0.39, 0.29) is 31.0 Å². The highest BCUT2D eigenvalue weighted by Crippen LogP contribution is 2.29. The molecule has 0 saturated carbocycles. The van der Waals surface area contributed by atoms with Gasteiger partial charge in [0.05, 0.1) is 18.3 Å². The van der Waals surface area contributed by atoms with Gasteiger partial charge < -0.3 is 36.0 Å². The molecule has 5 N–H and O–H groups in total. The lowest BCUT2D eigenvalue weighted by Gasteiger charge is -2.34. The molecule has 1 saturated heterocycles. The molecule has 1 aliphatic heterocycles. The molecule has 1 aliphatic rings. The van der Waals surface area contributed by atoms with E-state index in [0.717, 1.165) is 0 Å². The molecule has 0 spiro atoms. The molecule has 16 heteroatoms. The van der Waals surface area contributed by atoms with Crippen molar-refractivity contribution in [3.8, 4) is 0 Å². The Balaban J connectivity index is 1.79. The van der Waals surface area contributed by atoms with Gasteiger partial charge in [0, 0.05) is 32.5 Å². The van der Waals surface area contributed by atoms with Gasteiger partial charge in [0.25, 0.3) is 11.8 Å². The normalized spacial score (nSPS) is 18.2. The van der Waals surface area contributed by atoms with E-state index in [9.17, 15) is 38.7 Å². The van der Waals surface area contributed by atoms with Gasteiger partial charge in [0.2, 0.25) is 23.5 Å². The highest BCUT2D eigenvalue weighted by molar-refractivity contribution is 6.38. The first-order valence-electron chi connectivity index (χ1n) is 17.9. The monoisotopic (exact) mass is 737 g/mol. The highest BCUT2D eigenvalue weighted by Gasteiger charge is 2.45. The van der Waals surface area contributed by atoms with Gasteiger partial charge in [-0.1, -0.05) is 70.9 Å². The summed E-state index contributed by atoms with van der Waals surface area (Å²) in [5.41, 5.74) is 0.651. The third-order valence-electron chi connectivity index (χ3n) is 9.36. The predicted octanol–water partition coefficient (Wildman–Crippen LogP) is 1.04. The van der Waals surface area contributed by atoms with E-state index in [1.165, 1.54) is 30.6 Å². The number of nitrogens with zero attached hydrogens (tertiary/aromatic N) is 3. The molecule has 53 heavy (non-hydrogen) atoms. The van der Waals surface area contributed by atoms with Crippen LogP contribution in [0, 0.1) is 11.8 Å². The Morgan fingerprint density at radius 3 is 2.19 bits per heavy atom. The number of likely N-dealkylation sites (tertiary alicyclic amines) is 1. The van der Waals surface area contributed by atoms with E-state index in [2.05, 4.69) is 31.2 Å². The van der Waals surface area contributed by atoms with Crippen LogP contribution in [0.5, 0.6) is 0 Å². The predicted molar refractivity (Wildman–Crippen MR) is 192 cm³/mol. The summed E-state index contributed by atoms with van der Waals surface area (Å²) < 4.78 is 5.47. The van der Waals surface area contributed by atoms with Gasteiger partial charge in [-0.15, -0.1) is 0 Å². The molecule has 3 rings (SSSR count). The highest BCUT2D eigenvalue weighted by atomic mass is 16.5. The molecule has 288 valence electrons. The van der Waals surface area contributed by atoms with E-state index in [0.29, 0.717) is 24.8 Å². The summed E-state index contributed by atoms with van der Waals surface area (Å²) in [5.74, 6) is -6.73. The Labute approximate surface area is 309 Å². The number of benzene rings is 1. The molecular weight excluding hydrogens is 686 g/mol. The van der Waals surface area contributed by atoms with E-state index in [1.54, 1.807) is 58.0 Å². The number of ketones is 1. The van der Waals surface area contributed by atoms with Gasteiger partial charge >= 0.3 is 5.97 Å². The maximum Gasteiger partial charge on any atom is 0.326 e. The number of Topliss-reactive ketones (excluding diaryl/α,β-unsaturated/α-hetero) is 1. The van der Waals surface area contributed by atoms with Crippen LogP contribution in [0.15, 0.2) is 48.9 Å². The second-order valence-corrected chi connectivity index (χ2v) is 13.4. The number of carboxylic acid groups (broad SMARTS) is 1. The molecule has 0 bridgehead atoms. The number of aromatic nitrogens is 2. The molecule has 2 heterocycles. The van der Waals surface area contributed by atoms with E-state index in [4.69, 9.17) is 4.74 Å². The Kier molecular flexibility index (Phi) is 16.0. The lowest BCUT2D eigenvalue weighted by molar-refractivity contribution is -0.147. The van der Waals surface area contributed by atoms with Crippen LogP contribution in [0.1, 0.15) is 76.4 Å². The van der Waals surface area contributed by atoms with Crippen LogP contribution in [0.25, 0.3) is 0 Å². The number of carbonyl (C=O) groups is 7. The average molecular weight is 738 g/mol. The number of rotatable bonds is 19. The van der Waals surface area contributed by atoms with Crippen molar-refractivity contribution in [1.29, 1.82) is 0 Å². The number of amides is 5. The van der Waals surface area contributed by atoms with Gasteiger partial charge in [0.15, 0.2) is 0 Å². The fraction of sp³-hybridized carbons (Fsp3) is 0.541. The smallest absolute Gasteiger partial charge is 0.326 e. The van der Waals surface area contributed by atoms with Crippen molar-refractivity contribution in [3.05, 3.63) is 60.2 Å². The second kappa shape index (κ2) is 20.1. The van der Waals surface area contributed by atoms with Crippen molar-refractivity contribution in [1.82, 2.24) is 36.1 Å². The number of aliphatic carboxylic acids is 1. The summed E-state index contributed by atoms with van der Waals surface area (Å²) in [5, 5.41) is 20.1. The van der Waals surface area contributed by atoms with Crippen molar-refractivity contribution < 1.29 is 43.4 Å². The van der Waals surface area contributed by atoms with Gasteiger partial charge in [-0.3, -0.25) is 33.8 Å². The van der Waals surface area contributed by atoms with Crippen LogP contribution in [-0.2, 0) is 39.9 Å². The molecule has 1 fully saturated rings. The zero-order valence-electron chi connectivity index (χ0n) is 31.0. The Morgan fingerprint density at radius 1 is 0.925 bits per heavy atom.